The maximum absolute atomic E-state index is 13.2. The molecular weight excluding hydrogens is 338 g/mol. The first-order valence-corrected chi connectivity index (χ1v) is 7.03. The zero-order valence-electron chi connectivity index (χ0n) is 10.7. The van der Waals surface area contributed by atoms with E-state index in [1.54, 1.807) is 12.1 Å². The normalized spacial score (nSPS) is 10.8. The van der Waals surface area contributed by atoms with Gasteiger partial charge in [-0.25, -0.2) is 8.78 Å². The van der Waals surface area contributed by atoms with Gasteiger partial charge in [0.25, 0.3) is 0 Å². The molecule has 0 amide bonds. The van der Waals surface area contributed by atoms with Crippen LogP contribution in [0.1, 0.15) is 15.9 Å². The molecule has 0 aliphatic rings. The maximum Gasteiger partial charge on any atom is 0.193 e. The second kappa shape index (κ2) is 5.37. The minimum Gasteiger partial charge on any atom is -0.289 e. The highest BCUT2D eigenvalue weighted by Gasteiger charge is 2.12. The number of halogens is 3. The van der Waals surface area contributed by atoms with Gasteiger partial charge in [-0.3, -0.25) is 4.79 Å². The summed E-state index contributed by atoms with van der Waals surface area (Å²) in [5.41, 5.74) is 0.571. The zero-order valence-corrected chi connectivity index (χ0v) is 12.3. The molecule has 0 radical (unpaired) electrons. The highest BCUT2D eigenvalue weighted by molar-refractivity contribution is 9.10. The number of carbonyl (C=O) groups excluding carboxylic acids is 1. The maximum atomic E-state index is 13.2. The molecule has 4 heteroatoms. The molecule has 0 atom stereocenters. The molecule has 3 aromatic carbocycles. The van der Waals surface area contributed by atoms with Crippen molar-refractivity contribution in [3.63, 3.8) is 0 Å². The zero-order chi connectivity index (χ0) is 15.0. The molecule has 3 aromatic rings. The van der Waals surface area contributed by atoms with Gasteiger partial charge in [-0.05, 0) is 47.2 Å². The molecule has 0 fully saturated rings. The van der Waals surface area contributed by atoms with Crippen LogP contribution >= 0.6 is 15.9 Å². The van der Waals surface area contributed by atoms with Crippen LogP contribution in [0.3, 0.4) is 0 Å². The lowest BCUT2D eigenvalue weighted by atomic mass is 10.00. The summed E-state index contributed by atoms with van der Waals surface area (Å²) >= 11 is 3.39. The van der Waals surface area contributed by atoms with Crippen LogP contribution in [0.4, 0.5) is 8.78 Å². The molecule has 0 heterocycles. The second-order valence-electron chi connectivity index (χ2n) is 4.66. The molecule has 21 heavy (non-hydrogen) atoms. The molecule has 104 valence electrons. The van der Waals surface area contributed by atoms with Gasteiger partial charge in [-0.2, -0.15) is 0 Å². The highest BCUT2D eigenvalue weighted by Crippen LogP contribution is 2.22. The van der Waals surface area contributed by atoms with Crippen molar-refractivity contribution in [3.05, 3.63) is 81.8 Å². The summed E-state index contributed by atoms with van der Waals surface area (Å²) in [6.07, 6.45) is 0. The Labute approximate surface area is 128 Å². The fourth-order valence-corrected chi connectivity index (χ4v) is 2.54. The molecule has 0 aliphatic heterocycles. The largest absolute Gasteiger partial charge is 0.289 e. The van der Waals surface area contributed by atoms with Crippen molar-refractivity contribution in [2.24, 2.45) is 0 Å². The minimum absolute atomic E-state index is 0.130. The van der Waals surface area contributed by atoms with E-state index in [2.05, 4.69) is 15.9 Å². The third-order valence-corrected chi connectivity index (χ3v) is 3.74. The minimum atomic E-state index is -1.02. The number of hydrogen-bond donors (Lipinski definition) is 0. The SMILES string of the molecule is O=C(c1ccc(F)c(F)c1)c1ccc2cc(Br)ccc2c1. The molecule has 0 saturated carbocycles. The quantitative estimate of drug-likeness (QED) is 0.589. The molecule has 0 bridgehead atoms. The smallest absolute Gasteiger partial charge is 0.193 e. The number of rotatable bonds is 2. The molecular formula is C17H9BrF2O. The Morgan fingerprint density at radius 1 is 0.762 bits per heavy atom. The lowest BCUT2D eigenvalue weighted by Gasteiger charge is -2.05. The number of benzene rings is 3. The Balaban J connectivity index is 2.04. The number of carbonyl (C=O) groups is 1. The molecule has 1 nitrogen and oxygen atoms in total. The van der Waals surface area contributed by atoms with Crippen LogP contribution < -0.4 is 0 Å². The van der Waals surface area contributed by atoms with Crippen molar-refractivity contribution in [1.29, 1.82) is 0 Å². The summed E-state index contributed by atoms with van der Waals surface area (Å²) in [6, 6.07) is 14.1. The summed E-state index contributed by atoms with van der Waals surface area (Å²) in [5.74, 6) is -2.32. The Bertz CT molecular complexity index is 859. The van der Waals surface area contributed by atoms with E-state index in [0.29, 0.717) is 5.56 Å². The monoisotopic (exact) mass is 346 g/mol. The Hall–Kier alpha value is -2.07. The Morgan fingerprint density at radius 3 is 2.14 bits per heavy atom. The molecule has 0 spiro atoms. The molecule has 0 saturated heterocycles. The Kier molecular flexibility index (Phi) is 3.55. The van der Waals surface area contributed by atoms with Gasteiger partial charge >= 0.3 is 0 Å². The van der Waals surface area contributed by atoms with Crippen LogP contribution in [0.2, 0.25) is 0 Å². The van der Waals surface area contributed by atoms with E-state index in [1.165, 1.54) is 6.07 Å². The molecule has 0 N–H and O–H groups in total. The highest BCUT2D eigenvalue weighted by atomic mass is 79.9. The standard InChI is InChI=1S/C17H9BrF2O/c18-14-5-3-10-7-12(2-1-11(10)8-14)17(21)13-4-6-15(19)16(20)9-13/h1-9H. The van der Waals surface area contributed by atoms with E-state index < -0.39 is 11.6 Å². The topological polar surface area (TPSA) is 17.1 Å². The lowest BCUT2D eigenvalue weighted by molar-refractivity contribution is 0.103. The predicted octanol–water partition coefficient (Wildman–Crippen LogP) is 5.11. The van der Waals surface area contributed by atoms with Crippen molar-refractivity contribution in [1.82, 2.24) is 0 Å². The first-order chi connectivity index (χ1) is 10.0. The van der Waals surface area contributed by atoms with Crippen LogP contribution in [0.25, 0.3) is 10.8 Å². The first kappa shape index (κ1) is 13.9. The third kappa shape index (κ3) is 2.72. The summed E-state index contributed by atoms with van der Waals surface area (Å²) in [6.45, 7) is 0. The molecule has 0 unspecified atom stereocenters. The van der Waals surface area contributed by atoms with Crippen LogP contribution in [0, 0.1) is 11.6 Å². The summed E-state index contributed by atoms with van der Waals surface area (Å²) < 4.78 is 27.1. The van der Waals surface area contributed by atoms with E-state index in [1.807, 2.05) is 24.3 Å². The van der Waals surface area contributed by atoms with Crippen molar-refractivity contribution >= 4 is 32.5 Å². The average molecular weight is 347 g/mol. The number of ketones is 1. The van der Waals surface area contributed by atoms with Gasteiger partial charge in [-0.1, -0.05) is 34.1 Å². The van der Waals surface area contributed by atoms with Gasteiger partial charge in [-0.15, -0.1) is 0 Å². The number of fused-ring (bicyclic) bond motifs is 1. The van der Waals surface area contributed by atoms with Crippen molar-refractivity contribution in [2.75, 3.05) is 0 Å². The first-order valence-electron chi connectivity index (χ1n) is 6.24. The van der Waals surface area contributed by atoms with Crippen molar-refractivity contribution in [3.8, 4) is 0 Å². The van der Waals surface area contributed by atoms with E-state index in [-0.39, 0.29) is 11.3 Å². The van der Waals surface area contributed by atoms with Gasteiger partial charge in [0.2, 0.25) is 0 Å². The van der Waals surface area contributed by atoms with E-state index >= 15 is 0 Å². The van der Waals surface area contributed by atoms with Gasteiger partial charge < -0.3 is 0 Å². The van der Waals surface area contributed by atoms with Gasteiger partial charge in [0, 0.05) is 15.6 Å². The van der Waals surface area contributed by atoms with Crippen molar-refractivity contribution in [2.45, 2.75) is 0 Å². The predicted molar refractivity (Wildman–Crippen MR) is 81.4 cm³/mol. The summed E-state index contributed by atoms with van der Waals surface area (Å²) in [5, 5.41) is 1.90. The Morgan fingerprint density at radius 2 is 1.38 bits per heavy atom. The van der Waals surface area contributed by atoms with Crippen molar-refractivity contribution < 1.29 is 13.6 Å². The van der Waals surface area contributed by atoms with Gasteiger partial charge in [0.1, 0.15) is 0 Å². The van der Waals surface area contributed by atoms with Gasteiger partial charge in [0.05, 0.1) is 0 Å². The number of hydrogen-bond acceptors (Lipinski definition) is 1. The molecule has 0 aromatic heterocycles. The van der Waals surface area contributed by atoms with Crippen LogP contribution in [0.15, 0.2) is 59.1 Å². The fraction of sp³-hybridized carbons (Fsp3) is 0. The molecule has 0 aliphatic carbocycles. The fourth-order valence-electron chi connectivity index (χ4n) is 2.16. The average Bonchev–Trinajstić information content (AvgIpc) is 2.49. The van der Waals surface area contributed by atoms with Crippen LogP contribution in [-0.2, 0) is 0 Å². The van der Waals surface area contributed by atoms with E-state index in [0.717, 1.165) is 27.4 Å². The van der Waals surface area contributed by atoms with Crippen LogP contribution in [-0.4, -0.2) is 5.78 Å². The van der Waals surface area contributed by atoms with Crippen LogP contribution in [0.5, 0.6) is 0 Å². The molecule has 3 rings (SSSR count). The van der Waals surface area contributed by atoms with E-state index in [9.17, 15) is 13.6 Å². The summed E-state index contributed by atoms with van der Waals surface area (Å²) in [4.78, 5) is 12.3. The van der Waals surface area contributed by atoms with E-state index in [4.69, 9.17) is 0 Å². The second-order valence-corrected chi connectivity index (χ2v) is 5.58. The third-order valence-electron chi connectivity index (χ3n) is 3.25. The van der Waals surface area contributed by atoms with Gasteiger partial charge in [0.15, 0.2) is 17.4 Å². The lowest BCUT2D eigenvalue weighted by Crippen LogP contribution is -2.02. The summed E-state index contributed by atoms with van der Waals surface area (Å²) in [7, 11) is 0.